The molecule has 4 rings (SSSR count). The minimum atomic E-state index is -0.422. The Balaban J connectivity index is 1.60. The standard InChI is InChI=1S/C25H31N3O3S/c1-17-15-26(11-12-27(17)24(30)25(2,3)4)22(29)20-14-18-10-13-32-23(18)28(20)16-19-8-6-7-9-21(19)31-5/h6-10,13-14,17H,11-12,15-16H2,1-5H3/t17-/m1/s1. The molecule has 6 nitrogen and oxygen atoms in total. The van der Waals surface area contributed by atoms with Crippen LogP contribution in [-0.2, 0) is 11.3 Å². The number of hydrogen-bond acceptors (Lipinski definition) is 4. The lowest BCUT2D eigenvalue weighted by Crippen LogP contribution is -2.57. The van der Waals surface area contributed by atoms with Crippen molar-refractivity contribution in [2.24, 2.45) is 5.41 Å². The molecule has 0 N–H and O–H groups in total. The first-order valence-corrected chi connectivity index (χ1v) is 11.9. The molecule has 2 aromatic heterocycles. The van der Waals surface area contributed by atoms with Crippen LogP contribution in [0.5, 0.6) is 5.75 Å². The SMILES string of the molecule is COc1ccccc1Cn1c(C(=O)N2CCN(C(=O)C(C)(C)C)[C@H](C)C2)cc2ccsc21. The minimum Gasteiger partial charge on any atom is -0.496 e. The number of rotatable bonds is 4. The van der Waals surface area contributed by atoms with Crippen molar-refractivity contribution >= 4 is 33.4 Å². The van der Waals surface area contributed by atoms with Gasteiger partial charge in [-0.05, 0) is 30.5 Å². The Hall–Kier alpha value is -2.80. The number of benzene rings is 1. The summed E-state index contributed by atoms with van der Waals surface area (Å²) in [7, 11) is 1.67. The molecule has 0 unspecified atom stereocenters. The number of nitrogens with zero attached hydrogens (tertiary/aromatic N) is 3. The fourth-order valence-corrected chi connectivity index (χ4v) is 5.25. The van der Waals surface area contributed by atoms with Crippen molar-refractivity contribution in [1.82, 2.24) is 14.4 Å². The summed E-state index contributed by atoms with van der Waals surface area (Å²) in [6, 6.07) is 11.9. The van der Waals surface area contributed by atoms with E-state index in [1.807, 2.05) is 67.8 Å². The van der Waals surface area contributed by atoms with Crippen LogP contribution in [0.15, 0.2) is 41.8 Å². The normalized spacial score (nSPS) is 17.1. The molecule has 0 spiro atoms. The van der Waals surface area contributed by atoms with Gasteiger partial charge in [0.15, 0.2) is 0 Å². The van der Waals surface area contributed by atoms with Gasteiger partial charge in [0.1, 0.15) is 16.3 Å². The zero-order valence-corrected chi connectivity index (χ0v) is 20.2. The van der Waals surface area contributed by atoms with Gasteiger partial charge in [-0.15, -0.1) is 11.3 Å². The number of carbonyl (C=O) groups is 2. The van der Waals surface area contributed by atoms with Crippen LogP contribution < -0.4 is 4.74 Å². The van der Waals surface area contributed by atoms with E-state index in [1.165, 1.54) is 0 Å². The lowest BCUT2D eigenvalue weighted by molar-refractivity contribution is -0.143. The number of para-hydroxylation sites is 1. The van der Waals surface area contributed by atoms with Gasteiger partial charge < -0.3 is 19.1 Å². The number of thiophene rings is 1. The fraction of sp³-hybridized carbons (Fsp3) is 0.440. The van der Waals surface area contributed by atoms with Gasteiger partial charge in [-0.25, -0.2) is 0 Å². The smallest absolute Gasteiger partial charge is 0.270 e. The van der Waals surface area contributed by atoms with E-state index in [2.05, 4.69) is 16.0 Å². The summed E-state index contributed by atoms with van der Waals surface area (Å²) in [4.78, 5) is 31.3. The summed E-state index contributed by atoms with van der Waals surface area (Å²) < 4.78 is 7.63. The first-order chi connectivity index (χ1) is 15.2. The second kappa shape index (κ2) is 8.62. The molecule has 0 radical (unpaired) electrons. The first-order valence-electron chi connectivity index (χ1n) is 11.0. The molecule has 1 aliphatic heterocycles. The first kappa shape index (κ1) is 22.4. The molecule has 0 bridgehead atoms. The fourth-order valence-electron chi connectivity index (χ4n) is 4.35. The van der Waals surface area contributed by atoms with E-state index in [0.29, 0.717) is 31.9 Å². The molecule has 1 saturated heterocycles. The minimum absolute atomic E-state index is 0.0120. The van der Waals surface area contributed by atoms with Crippen LogP contribution in [0.1, 0.15) is 43.7 Å². The van der Waals surface area contributed by atoms with Crippen LogP contribution in [0.25, 0.3) is 10.2 Å². The molecule has 1 atom stereocenters. The van der Waals surface area contributed by atoms with E-state index >= 15 is 0 Å². The number of aromatic nitrogens is 1. The van der Waals surface area contributed by atoms with E-state index in [9.17, 15) is 9.59 Å². The number of carbonyl (C=O) groups excluding carboxylic acids is 2. The Morgan fingerprint density at radius 2 is 1.91 bits per heavy atom. The Bertz CT molecular complexity index is 1140. The van der Waals surface area contributed by atoms with Crippen molar-refractivity contribution in [3.05, 3.63) is 53.0 Å². The third-order valence-electron chi connectivity index (χ3n) is 6.06. The molecule has 0 saturated carbocycles. The van der Waals surface area contributed by atoms with Gasteiger partial charge in [0.2, 0.25) is 5.91 Å². The van der Waals surface area contributed by atoms with Gasteiger partial charge >= 0.3 is 0 Å². The van der Waals surface area contributed by atoms with E-state index in [0.717, 1.165) is 21.5 Å². The Morgan fingerprint density at radius 1 is 1.16 bits per heavy atom. The highest BCUT2D eigenvalue weighted by Gasteiger charge is 2.35. The highest BCUT2D eigenvalue weighted by atomic mass is 32.1. The largest absolute Gasteiger partial charge is 0.496 e. The summed E-state index contributed by atoms with van der Waals surface area (Å²) in [5.74, 6) is 0.961. The number of hydrogen-bond donors (Lipinski definition) is 0. The molecule has 32 heavy (non-hydrogen) atoms. The number of fused-ring (bicyclic) bond motifs is 1. The number of amides is 2. The Kier molecular flexibility index (Phi) is 6.03. The van der Waals surface area contributed by atoms with Crippen LogP contribution in [-0.4, -0.2) is 59.0 Å². The quantitative estimate of drug-likeness (QED) is 0.585. The summed E-state index contributed by atoms with van der Waals surface area (Å²) in [5.41, 5.74) is 1.29. The van der Waals surface area contributed by atoms with Crippen molar-refractivity contribution in [3.63, 3.8) is 0 Å². The van der Waals surface area contributed by atoms with Gasteiger partial charge in [0.25, 0.3) is 5.91 Å². The molecule has 3 heterocycles. The second-order valence-electron chi connectivity index (χ2n) is 9.46. The van der Waals surface area contributed by atoms with E-state index in [-0.39, 0.29) is 17.9 Å². The number of ether oxygens (including phenoxy) is 1. The van der Waals surface area contributed by atoms with Crippen LogP contribution >= 0.6 is 11.3 Å². The van der Waals surface area contributed by atoms with Gasteiger partial charge in [-0.1, -0.05) is 39.0 Å². The van der Waals surface area contributed by atoms with Crippen LogP contribution in [0.2, 0.25) is 0 Å². The summed E-state index contributed by atoms with van der Waals surface area (Å²) in [5, 5.41) is 3.12. The van der Waals surface area contributed by atoms with Crippen LogP contribution in [0.4, 0.5) is 0 Å². The van der Waals surface area contributed by atoms with Crippen LogP contribution in [0, 0.1) is 5.41 Å². The van der Waals surface area contributed by atoms with Crippen molar-refractivity contribution in [2.45, 2.75) is 40.3 Å². The average molecular weight is 454 g/mol. The Labute approximate surface area is 193 Å². The maximum Gasteiger partial charge on any atom is 0.270 e. The van der Waals surface area contributed by atoms with E-state index < -0.39 is 5.41 Å². The topological polar surface area (TPSA) is 54.8 Å². The molecule has 3 aromatic rings. The molecule has 1 aromatic carbocycles. The van der Waals surface area contributed by atoms with E-state index in [1.54, 1.807) is 18.4 Å². The van der Waals surface area contributed by atoms with Crippen molar-refractivity contribution in [3.8, 4) is 5.75 Å². The van der Waals surface area contributed by atoms with E-state index in [4.69, 9.17) is 4.74 Å². The molecule has 0 aliphatic carbocycles. The van der Waals surface area contributed by atoms with Crippen molar-refractivity contribution < 1.29 is 14.3 Å². The van der Waals surface area contributed by atoms with Gasteiger partial charge in [0.05, 0.1) is 13.7 Å². The zero-order chi connectivity index (χ0) is 23.0. The molecule has 7 heteroatoms. The predicted octanol–water partition coefficient (Wildman–Crippen LogP) is 4.48. The van der Waals surface area contributed by atoms with Gasteiger partial charge in [-0.3, -0.25) is 9.59 Å². The van der Waals surface area contributed by atoms with Gasteiger partial charge in [0, 0.05) is 42.0 Å². The summed E-state index contributed by atoms with van der Waals surface area (Å²) in [6.07, 6.45) is 0. The maximum absolute atomic E-state index is 13.6. The summed E-state index contributed by atoms with van der Waals surface area (Å²) in [6.45, 7) is 10.0. The predicted molar refractivity (Wildman–Crippen MR) is 128 cm³/mol. The molecular weight excluding hydrogens is 422 g/mol. The lowest BCUT2D eigenvalue weighted by Gasteiger charge is -2.42. The molecule has 1 fully saturated rings. The van der Waals surface area contributed by atoms with Crippen molar-refractivity contribution in [2.75, 3.05) is 26.7 Å². The van der Waals surface area contributed by atoms with Crippen LogP contribution in [0.3, 0.4) is 0 Å². The van der Waals surface area contributed by atoms with Crippen molar-refractivity contribution in [1.29, 1.82) is 0 Å². The summed E-state index contributed by atoms with van der Waals surface area (Å²) >= 11 is 1.64. The van der Waals surface area contributed by atoms with Gasteiger partial charge in [-0.2, -0.15) is 0 Å². The maximum atomic E-state index is 13.6. The third-order valence-corrected chi connectivity index (χ3v) is 7.01. The Morgan fingerprint density at radius 3 is 2.59 bits per heavy atom. The average Bonchev–Trinajstić information content (AvgIpc) is 3.35. The number of piperazine rings is 1. The molecular formula is C25H31N3O3S. The molecule has 2 amide bonds. The highest BCUT2D eigenvalue weighted by molar-refractivity contribution is 7.16. The third kappa shape index (κ3) is 4.13. The molecule has 1 aliphatic rings. The molecule has 170 valence electrons. The highest BCUT2D eigenvalue weighted by Crippen LogP contribution is 2.30. The monoisotopic (exact) mass is 453 g/mol. The zero-order valence-electron chi connectivity index (χ0n) is 19.4. The second-order valence-corrected chi connectivity index (χ2v) is 10.4. The number of methoxy groups -OCH3 is 1. The lowest BCUT2D eigenvalue weighted by atomic mass is 9.93.